The highest BCUT2D eigenvalue weighted by molar-refractivity contribution is 6.42. The maximum atomic E-state index is 12.7. The third-order valence-corrected chi connectivity index (χ3v) is 4.69. The number of rotatable bonds is 4. The molecule has 0 radical (unpaired) electrons. The standard InChI is InChI=1S/C18H19Cl2NO4/c1-5-25-18(23)14-10(3)21-9(2)13(17(22)24-4)15(14)11-7-6-8-12(19)16(11)20/h6-8,15,21H,5H2,1-4H3/i3+1,4D3,10+1,14+1,18+1. The second-order valence-electron chi connectivity index (χ2n) is 5.39. The Morgan fingerprint density at radius 3 is 2.44 bits per heavy atom. The van der Waals surface area contributed by atoms with Crippen LogP contribution in [-0.4, -0.2) is 25.6 Å². The lowest BCUT2D eigenvalue weighted by Crippen LogP contribution is -2.32. The van der Waals surface area contributed by atoms with Crippen molar-refractivity contribution >= 4 is 35.1 Å². The summed E-state index contributed by atoms with van der Waals surface area (Å²) >= 11 is 12.5. The highest BCUT2D eigenvalue weighted by atomic mass is 35.5. The average molecular weight is 391 g/mol. The Kier molecular flexibility index (Phi) is 4.85. The monoisotopic (exact) mass is 390 g/mol. The first-order valence-corrected chi connectivity index (χ1v) is 8.26. The van der Waals surface area contributed by atoms with Crippen LogP contribution in [0.1, 0.15) is 36.4 Å². The van der Waals surface area contributed by atoms with Crippen molar-refractivity contribution in [1.82, 2.24) is 5.32 Å². The number of esters is 2. The number of carbonyl (C=O) groups is 2. The number of methoxy groups -OCH3 is 1. The molecule has 0 bridgehead atoms. The lowest BCUT2D eigenvalue weighted by molar-refractivity contribution is -0.139. The number of hydrogen-bond acceptors (Lipinski definition) is 5. The fourth-order valence-electron chi connectivity index (χ4n) is 2.85. The molecular formula is C18H19Cl2NO4. The number of ether oxygens (including phenoxy) is 2. The van der Waals surface area contributed by atoms with E-state index in [1.54, 1.807) is 39.0 Å². The van der Waals surface area contributed by atoms with E-state index in [0.717, 1.165) is 0 Å². The van der Waals surface area contributed by atoms with Crippen molar-refractivity contribution in [2.75, 3.05) is 13.6 Å². The molecule has 1 aromatic carbocycles. The Labute approximate surface area is 160 Å². The zero-order valence-corrected chi connectivity index (χ0v) is 15.4. The van der Waals surface area contributed by atoms with Gasteiger partial charge < -0.3 is 14.8 Å². The van der Waals surface area contributed by atoms with Crippen LogP contribution in [0.2, 0.25) is 10.0 Å². The normalized spacial score (nSPS) is 19.6. The van der Waals surface area contributed by atoms with Gasteiger partial charge in [0.05, 0.1) is 44.9 Å². The summed E-state index contributed by atoms with van der Waals surface area (Å²) in [7, 11) is -2.95. The molecule has 7 heteroatoms. The molecule has 0 aliphatic carbocycles. The first-order valence-electron chi connectivity index (χ1n) is 9.00. The predicted molar refractivity (Wildman–Crippen MR) is 96.4 cm³/mol. The molecule has 0 aromatic heterocycles. The van der Waals surface area contributed by atoms with Crippen molar-refractivity contribution in [1.29, 1.82) is 0 Å². The number of nitrogens with one attached hydrogen (secondary N) is 1. The SMILES string of the molecule is [2H]C([2H])([2H])OC(=O)C1=C(C)N[13C]([13CH3])=[13C]([13C](=O)OCC)C1c1cccc(Cl)c1Cl. The van der Waals surface area contributed by atoms with Crippen molar-refractivity contribution in [2.24, 2.45) is 0 Å². The number of hydrogen-bond donors (Lipinski definition) is 1. The molecule has 2 rings (SSSR count). The van der Waals surface area contributed by atoms with Gasteiger partial charge in [0.15, 0.2) is 0 Å². The fraction of sp³-hybridized carbons (Fsp3) is 0.333. The van der Waals surface area contributed by atoms with Crippen molar-refractivity contribution < 1.29 is 23.2 Å². The Hall–Kier alpha value is -1.98. The highest BCUT2D eigenvalue weighted by Crippen LogP contribution is 2.43. The van der Waals surface area contributed by atoms with Crippen LogP contribution in [0, 0.1) is 0 Å². The summed E-state index contributed by atoms with van der Waals surface area (Å²) in [5, 5.41) is 3.28. The summed E-state index contributed by atoms with van der Waals surface area (Å²) in [6.07, 6.45) is 0. The Balaban J connectivity index is 2.71. The second-order valence-corrected chi connectivity index (χ2v) is 6.17. The van der Waals surface area contributed by atoms with E-state index < -0.39 is 24.9 Å². The third-order valence-electron chi connectivity index (χ3n) is 3.86. The maximum Gasteiger partial charge on any atom is 0.336 e. The molecular weight excluding hydrogens is 369 g/mol. The van der Waals surface area contributed by atoms with Crippen LogP contribution in [0.4, 0.5) is 0 Å². The quantitative estimate of drug-likeness (QED) is 0.622. The molecule has 1 heterocycles. The molecule has 1 unspecified atom stereocenters. The van der Waals surface area contributed by atoms with Crippen molar-refractivity contribution in [3.63, 3.8) is 0 Å². The molecule has 0 saturated heterocycles. The van der Waals surface area contributed by atoms with Crippen LogP contribution in [0.3, 0.4) is 0 Å². The molecule has 1 atom stereocenters. The van der Waals surface area contributed by atoms with Gasteiger partial charge in [-0.25, -0.2) is 9.59 Å². The van der Waals surface area contributed by atoms with Crippen LogP contribution >= 0.6 is 23.2 Å². The van der Waals surface area contributed by atoms with E-state index in [1.165, 1.54) is 0 Å². The summed E-state index contributed by atoms with van der Waals surface area (Å²) in [6, 6.07) is 4.78. The first-order chi connectivity index (χ1) is 13.0. The van der Waals surface area contributed by atoms with E-state index >= 15 is 0 Å². The molecule has 1 aromatic rings. The number of benzene rings is 1. The Morgan fingerprint density at radius 1 is 1.20 bits per heavy atom. The molecule has 0 spiro atoms. The largest absolute Gasteiger partial charge is 0.466 e. The van der Waals surface area contributed by atoms with Gasteiger partial charge in [-0.3, -0.25) is 0 Å². The molecule has 5 nitrogen and oxygen atoms in total. The van der Waals surface area contributed by atoms with Gasteiger partial charge in [-0.05, 0) is 32.4 Å². The van der Waals surface area contributed by atoms with E-state index in [0.29, 0.717) is 17.0 Å². The average Bonchev–Trinajstić information content (AvgIpc) is 2.55. The third kappa shape index (κ3) is 3.67. The van der Waals surface area contributed by atoms with Crippen molar-refractivity contribution in [3.8, 4) is 0 Å². The molecule has 1 aliphatic rings. The van der Waals surface area contributed by atoms with Gasteiger partial charge in [0.1, 0.15) is 0 Å². The maximum absolute atomic E-state index is 12.7. The van der Waals surface area contributed by atoms with Gasteiger partial charge in [-0.1, -0.05) is 35.3 Å². The number of dihydropyridines is 1. The summed E-state index contributed by atoms with van der Waals surface area (Å²) in [6.45, 7) is 4.99. The predicted octanol–water partition coefficient (Wildman–Crippen LogP) is 3.96. The molecule has 0 saturated carbocycles. The lowest BCUT2D eigenvalue weighted by atomic mass is 9.93. The van der Waals surface area contributed by atoms with Gasteiger partial charge in [-0.2, -0.15) is 0 Å². The number of halogens is 2. The minimum Gasteiger partial charge on any atom is -0.466 e. The van der Waals surface area contributed by atoms with Gasteiger partial charge in [0.25, 0.3) is 0 Å². The van der Waals surface area contributed by atoms with Crippen LogP contribution in [0.25, 0.3) is 0 Å². The molecule has 1 N–H and O–H groups in total. The molecule has 0 fully saturated rings. The lowest BCUT2D eigenvalue weighted by Gasteiger charge is -2.30. The highest BCUT2D eigenvalue weighted by Gasteiger charge is 2.38. The fourth-order valence-corrected chi connectivity index (χ4v) is 3.27. The van der Waals surface area contributed by atoms with Crippen LogP contribution in [0.5, 0.6) is 0 Å². The van der Waals surface area contributed by atoms with E-state index in [2.05, 4.69) is 10.1 Å². The van der Waals surface area contributed by atoms with Crippen LogP contribution < -0.4 is 5.32 Å². The van der Waals surface area contributed by atoms with Crippen molar-refractivity contribution in [2.45, 2.75) is 26.7 Å². The van der Waals surface area contributed by atoms with E-state index in [9.17, 15) is 9.59 Å². The summed E-state index contributed by atoms with van der Waals surface area (Å²) in [5.74, 6) is -2.78. The zero-order valence-electron chi connectivity index (χ0n) is 16.9. The molecule has 25 heavy (non-hydrogen) atoms. The molecule has 0 amide bonds. The summed E-state index contributed by atoms with van der Waals surface area (Å²) in [5.41, 5.74) is 1.20. The van der Waals surface area contributed by atoms with Gasteiger partial charge in [0, 0.05) is 11.4 Å². The molecule has 134 valence electrons. The Morgan fingerprint density at radius 2 is 1.84 bits per heavy atom. The summed E-state index contributed by atoms with van der Waals surface area (Å²) < 4.78 is 31.4. The topological polar surface area (TPSA) is 64.6 Å². The first kappa shape index (κ1) is 15.3. The van der Waals surface area contributed by atoms with Gasteiger partial charge in [-0.15, -0.1) is 0 Å². The molecule has 1 aliphatic heterocycles. The minimum atomic E-state index is -2.95. The zero-order chi connectivity index (χ0) is 21.2. The number of carbonyl (C=O) groups excluding carboxylic acids is 2. The van der Waals surface area contributed by atoms with Gasteiger partial charge >= 0.3 is 11.9 Å². The summed E-state index contributed by atoms with van der Waals surface area (Å²) in [4.78, 5) is 25.4. The second kappa shape index (κ2) is 7.93. The van der Waals surface area contributed by atoms with Crippen LogP contribution in [0.15, 0.2) is 40.7 Å². The minimum absolute atomic E-state index is 0.0612. The Bertz CT molecular complexity index is 878. The smallest absolute Gasteiger partial charge is 0.336 e. The van der Waals surface area contributed by atoms with E-state index in [-0.39, 0.29) is 27.8 Å². The number of allylic oxidation sites excluding steroid dienone is 2. The van der Waals surface area contributed by atoms with Gasteiger partial charge in [0.2, 0.25) is 0 Å². The van der Waals surface area contributed by atoms with Crippen molar-refractivity contribution in [3.05, 3.63) is 56.3 Å². The van der Waals surface area contributed by atoms with Crippen LogP contribution in [-0.2, 0) is 19.1 Å². The van der Waals surface area contributed by atoms with E-state index in [4.69, 9.17) is 32.1 Å². The van der Waals surface area contributed by atoms with E-state index in [1.807, 2.05) is 0 Å².